The van der Waals surface area contributed by atoms with Crippen LogP contribution in [0, 0.1) is 0 Å². The maximum Gasteiger partial charge on any atom is 0.338 e. The second kappa shape index (κ2) is 9.52. The molecule has 6 nitrogen and oxygen atoms in total. The van der Waals surface area contributed by atoms with Gasteiger partial charge in [0.15, 0.2) is 5.78 Å². The van der Waals surface area contributed by atoms with Crippen molar-refractivity contribution in [1.29, 1.82) is 0 Å². The number of aromatic hydroxyl groups is 1. The first-order valence-electron chi connectivity index (χ1n) is 8.75. The second-order valence-electron chi connectivity index (χ2n) is 5.78. The molecule has 0 amide bonds. The molecule has 0 bridgehead atoms. The Morgan fingerprint density at radius 2 is 1.44 bits per heavy atom. The smallest absolute Gasteiger partial charge is 0.338 e. The van der Waals surface area contributed by atoms with Gasteiger partial charge in [0.05, 0.1) is 18.8 Å². The average molecular weight is 370 g/mol. The number of carbonyl (C=O) groups excluding carboxylic acids is 3. The molecule has 2 aromatic rings. The summed E-state index contributed by atoms with van der Waals surface area (Å²) in [5.41, 5.74) is 1.66. The minimum atomic E-state index is -0.442. The van der Waals surface area contributed by atoms with Gasteiger partial charge >= 0.3 is 11.9 Å². The van der Waals surface area contributed by atoms with E-state index in [9.17, 15) is 19.5 Å². The van der Waals surface area contributed by atoms with Crippen LogP contribution >= 0.6 is 0 Å². The van der Waals surface area contributed by atoms with Gasteiger partial charge in [-0.15, -0.1) is 0 Å². The molecular formula is C21H22O6. The topological polar surface area (TPSA) is 89.9 Å². The van der Waals surface area contributed by atoms with Crippen molar-refractivity contribution < 1.29 is 29.0 Å². The highest BCUT2D eigenvalue weighted by molar-refractivity contribution is 6.09. The fourth-order valence-corrected chi connectivity index (χ4v) is 2.54. The largest absolute Gasteiger partial charge is 0.508 e. The summed E-state index contributed by atoms with van der Waals surface area (Å²) in [6.45, 7) is 4.02. The summed E-state index contributed by atoms with van der Waals surface area (Å²) in [4.78, 5) is 35.8. The second-order valence-corrected chi connectivity index (χ2v) is 5.78. The molecule has 0 spiro atoms. The van der Waals surface area contributed by atoms with Crippen LogP contribution in [0.25, 0.3) is 0 Å². The molecule has 2 rings (SSSR count). The van der Waals surface area contributed by atoms with Crippen molar-refractivity contribution in [2.45, 2.75) is 26.7 Å². The first kappa shape index (κ1) is 20.2. The number of benzene rings is 2. The summed E-state index contributed by atoms with van der Waals surface area (Å²) in [5, 5.41) is 9.96. The molecular weight excluding hydrogens is 348 g/mol. The fraction of sp³-hybridized carbons (Fsp3) is 0.286. The van der Waals surface area contributed by atoms with Crippen LogP contribution < -0.4 is 0 Å². The number of phenols is 1. The van der Waals surface area contributed by atoms with Crippen LogP contribution in [0.15, 0.2) is 42.5 Å². The molecule has 6 heteroatoms. The maximum absolute atomic E-state index is 12.7. The van der Waals surface area contributed by atoms with Crippen LogP contribution in [0.4, 0.5) is 0 Å². The van der Waals surface area contributed by atoms with Crippen molar-refractivity contribution in [2.75, 3.05) is 13.2 Å². The molecule has 0 aliphatic carbocycles. The molecule has 0 aliphatic rings. The van der Waals surface area contributed by atoms with Crippen molar-refractivity contribution in [3.05, 3.63) is 64.7 Å². The summed E-state index contributed by atoms with van der Waals surface area (Å²) < 4.78 is 9.79. The summed E-state index contributed by atoms with van der Waals surface area (Å²) in [6, 6.07) is 10.7. The Bertz CT molecular complexity index is 823. The van der Waals surface area contributed by atoms with Crippen molar-refractivity contribution in [2.24, 2.45) is 0 Å². The van der Waals surface area contributed by atoms with E-state index in [4.69, 9.17) is 9.47 Å². The molecule has 0 saturated carbocycles. The van der Waals surface area contributed by atoms with Gasteiger partial charge in [0.2, 0.25) is 0 Å². The summed E-state index contributed by atoms with van der Waals surface area (Å²) >= 11 is 0. The first-order chi connectivity index (χ1) is 13.0. The van der Waals surface area contributed by atoms with E-state index in [0.717, 1.165) is 0 Å². The molecule has 0 atom stereocenters. The number of aryl methyl sites for hydroxylation is 1. The van der Waals surface area contributed by atoms with Crippen LogP contribution in [0.3, 0.4) is 0 Å². The van der Waals surface area contributed by atoms with Gasteiger partial charge in [-0.25, -0.2) is 4.79 Å². The van der Waals surface area contributed by atoms with Crippen molar-refractivity contribution in [3.8, 4) is 5.75 Å². The van der Waals surface area contributed by atoms with Crippen LogP contribution in [0.1, 0.15) is 52.1 Å². The number of ether oxygens (including phenoxy) is 2. The Labute approximate surface area is 157 Å². The Hall–Kier alpha value is -3.15. The van der Waals surface area contributed by atoms with Gasteiger partial charge in [0.1, 0.15) is 5.75 Å². The van der Waals surface area contributed by atoms with E-state index in [1.165, 1.54) is 24.3 Å². The fourth-order valence-electron chi connectivity index (χ4n) is 2.54. The molecule has 27 heavy (non-hydrogen) atoms. The number of ketones is 1. The number of esters is 2. The third-order valence-corrected chi connectivity index (χ3v) is 3.90. The Morgan fingerprint density at radius 1 is 0.852 bits per heavy atom. The summed E-state index contributed by atoms with van der Waals surface area (Å²) in [6.07, 6.45) is 0.390. The lowest BCUT2D eigenvalue weighted by atomic mass is 9.98. The van der Waals surface area contributed by atoms with E-state index in [1.807, 2.05) is 0 Å². The van der Waals surface area contributed by atoms with Crippen LogP contribution in [0.5, 0.6) is 5.75 Å². The van der Waals surface area contributed by atoms with Crippen molar-refractivity contribution >= 4 is 17.7 Å². The Morgan fingerprint density at radius 3 is 2.07 bits per heavy atom. The van der Waals surface area contributed by atoms with Gasteiger partial charge in [-0.1, -0.05) is 12.1 Å². The molecule has 0 heterocycles. The van der Waals surface area contributed by atoms with Crippen LogP contribution in [0.2, 0.25) is 0 Å². The molecule has 0 fully saturated rings. The number of hydrogen-bond acceptors (Lipinski definition) is 6. The number of carbonyl (C=O) groups is 3. The maximum atomic E-state index is 12.7. The normalized spacial score (nSPS) is 10.3. The summed E-state index contributed by atoms with van der Waals surface area (Å²) in [7, 11) is 0. The minimum absolute atomic E-state index is 0.0218. The highest BCUT2D eigenvalue weighted by atomic mass is 16.5. The average Bonchev–Trinajstić information content (AvgIpc) is 2.67. The SMILES string of the molecule is CCOC(=O)CCc1cc(C(=O)c2ccc(C(=O)OCC)cc2)ccc1O. The molecule has 0 aliphatic heterocycles. The molecule has 1 N–H and O–H groups in total. The van der Waals surface area contributed by atoms with Crippen molar-refractivity contribution in [3.63, 3.8) is 0 Å². The van der Waals surface area contributed by atoms with E-state index in [-0.39, 0.29) is 37.0 Å². The standard InChI is InChI=1S/C21H22O6/c1-3-26-19(23)12-10-16-13-17(9-11-18(16)22)20(24)14-5-7-15(8-6-14)21(25)27-4-2/h5-9,11,13,22H,3-4,10,12H2,1-2H3. The zero-order valence-electron chi connectivity index (χ0n) is 15.4. The lowest BCUT2D eigenvalue weighted by molar-refractivity contribution is -0.143. The van der Waals surface area contributed by atoms with E-state index < -0.39 is 5.97 Å². The predicted molar refractivity (Wildman–Crippen MR) is 98.9 cm³/mol. The van der Waals surface area contributed by atoms with Gasteiger partial charge in [0.25, 0.3) is 0 Å². The minimum Gasteiger partial charge on any atom is -0.508 e. The van der Waals surface area contributed by atoms with E-state index >= 15 is 0 Å². The molecule has 0 saturated heterocycles. The molecule has 0 unspecified atom stereocenters. The Balaban J connectivity index is 2.15. The zero-order valence-corrected chi connectivity index (χ0v) is 15.4. The Kier molecular flexibility index (Phi) is 7.11. The third kappa shape index (κ3) is 5.41. The molecule has 0 radical (unpaired) electrons. The van der Waals surface area contributed by atoms with E-state index in [2.05, 4.69) is 0 Å². The van der Waals surface area contributed by atoms with Gasteiger partial charge in [0, 0.05) is 17.5 Å². The van der Waals surface area contributed by atoms with Gasteiger partial charge in [-0.3, -0.25) is 9.59 Å². The highest BCUT2D eigenvalue weighted by Crippen LogP contribution is 2.22. The monoisotopic (exact) mass is 370 g/mol. The highest BCUT2D eigenvalue weighted by Gasteiger charge is 2.14. The number of rotatable bonds is 8. The number of phenolic OH excluding ortho intramolecular Hbond substituents is 1. The molecule has 2 aromatic carbocycles. The number of hydrogen-bond donors (Lipinski definition) is 1. The van der Waals surface area contributed by atoms with E-state index in [1.54, 1.807) is 32.0 Å². The summed E-state index contributed by atoms with van der Waals surface area (Å²) in [5.74, 6) is -1.03. The van der Waals surface area contributed by atoms with Gasteiger partial charge in [-0.2, -0.15) is 0 Å². The van der Waals surface area contributed by atoms with Crippen LogP contribution in [-0.2, 0) is 20.7 Å². The van der Waals surface area contributed by atoms with Gasteiger partial charge in [-0.05, 0) is 56.2 Å². The quantitative estimate of drug-likeness (QED) is 0.566. The lowest BCUT2D eigenvalue weighted by Crippen LogP contribution is -2.07. The predicted octanol–water partition coefficient (Wildman–Crippen LogP) is 3.30. The van der Waals surface area contributed by atoms with Crippen LogP contribution in [-0.4, -0.2) is 36.0 Å². The molecule has 142 valence electrons. The third-order valence-electron chi connectivity index (χ3n) is 3.90. The zero-order chi connectivity index (χ0) is 19.8. The van der Waals surface area contributed by atoms with E-state index in [0.29, 0.717) is 28.9 Å². The van der Waals surface area contributed by atoms with Crippen molar-refractivity contribution in [1.82, 2.24) is 0 Å². The first-order valence-corrected chi connectivity index (χ1v) is 8.75. The lowest BCUT2D eigenvalue weighted by Gasteiger charge is -2.08. The van der Waals surface area contributed by atoms with Gasteiger partial charge < -0.3 is 14.6 Å². The molecule has 0 aromatic heterocycles.